The van der Waals surface area contributed by atoms with E-state index in [-0.39, 0.29) is 0 Å². The Bertz CT molecular complexity index is 465. The van der Waals surface area contributed by atoms with Crippen LogP contribution in [0.4, 0.5) is 5.82 Å². The van der Waals surface area contributed by atoms with Crippen LogP contribution in [0.25, 0.3) is 0 Å². The van der Waals surface area contributed by atoms with Crippen LogP contribution >= 0.6 is 0 Å². The summed E-state index contributed by atoms with van der Waals surface area (Å²) in [6, 6.07) is 9.48. The predicted octanol–water partition coefficient (Wildman–Crippen LogP) is 2.31. The van der Waals surface area contributed by atoms with Gasteiger partial charge in [0.1, 0.15) is 5.82 Å². The van der Waals surface area contributed by atoms with Crippen molar-refractivity contribution in [2.75, 3.05) is 5.43 Å². The largest absolute Gasteiger partial charge is 0.264 e. The number of aromatic nitrogens is 2. The number of nitrogens with zero attached hydrogens (tertiary/aromatic N) is 3. The normalized spacial score (nSPS) is 11.2. The molecule has 0 aromatic carbocycles. The Kier molecular flexibility index (Phi) is 3.23. The lowest BCUT2D eigenvalue weighted by Crippen LogP contribution is -2.00. The van der Waals surface area contributed by atoms with Crippen molar-refractivity contribution in [1.29, 1.82) is 0 Å². The molecule has 4 heteroatoms. The molecule has 0 atom stereocenters. The third kappa shape index (κ3) is 2.63. The lowest BCUT2D eigenvalue weighted by atomic mass is 10.2. The first kappa shape index (κ1) is 10.3. The van der Waals surface area contributed by atoms with Crippen molar-refractivity contribution in [1.82, 2.24) is 9.97 Å². The number of anilines is 1. The van der Waals surface area contributed by atoms with Gasteiger partial charge in [-0.05, 0) is 25.1 Å². The van der Waals surface area contributed by atoms with Crippen LogP contribution in [0, 0.1) is 0 Å². The van der Waals surface area contributed by atoms with Gasteiger partial charge in [0.25, 0.3) is 0 Å². The van der Waals surface area contributed by atoms with Crippen molar-refractivity contribution < 1.29 is 0 Å². The first-order valence-corrected chi connectivity index (χ1v) is 4.98. The maximum Gasteiger partial charge on any atom is 0.146 e. The molecular formula is C12H12N4. The van der Waals surface area contributed by atoms with Gasteiger partial charge in [0, 0.05) is 24.2 Å². The average Bonchev–Trinajstić information content (AvgIpc) is 2.38. The molecule has 2 rings (SSSR count). The minimum atomic E-state index is 0.728. The molecule has 1 N–H and O–H groups in total. The third-order valence-corrected chi connectivity index (χ3v) is 2.08. The van der Waals surface area contributed by atoms with Gasteiger partial charge in [0.15, 0.2) is 0 Å². The number of rotatable bonds is 3. The second-order valence-electron chi connectivity index (χ2n) is 3.27. The highest BCUT2D eigenvalue weighted by molar-refractivity contribution is 5.98. The molecule has 0 aliphatic rings. The Balaban J connectivity index is 2.09. The Morgan fingerprint density at radius 2 is 2.12 bits per heavy atom. The lowest BCUT2D eigenvalue weighted by molar-refractivity contribution is 1.21. The smallest absolute Gasteiger partial charge is 0.146 e. The van der Waals surface area contributed by atoms with E-state index in [9.17, 15) is 0 Å². The zero-order valence-corrected chi connectivity index (χ0v) is 8.96. The van der Waals surface area contributed by atoms with Crippen LogP contribution in [-0.2, 0) is 0 Å². The molecule has 2 aromatic rings. The molecule has 0 aliphatic carbocycles. The molecule has 80 valence electrons. The molecule has 2 heterocycles. The van der Waals surface area contributed by atoms with E-state index in [1.54, 1.807) is 18.6 Å². The fourth-order valence-corrected chi connectivity index (χ4v) is 1.21. The molecule has 16 heavy (non-hydrogen) atoms. The molecule has 0 aliphatic heterocycles. The topological polar surface area (TPSA) is 50.2 Å². The Labute approximate surface area is 94.1 Å². The van der Waals surface area contributed by atoms with E-state index in [0.717, 1.165) is 17.1 Å². The maximum absolute atomic E-state index is 4.23. The van der Waals surface area contributed by atoms with Crippen LogP contribution in [0.2, 0.25) is 0 Å². The van der Waals surface area contributed by atoms with E-state index in [1.165, 1.54) is 0 Å². The summed E-state index contributed by atoms with van der Waals surface area (Å²) in [6.45, 7) is 1.92. The zero-order chi connectivity index (χ0) is 11.2. The number of nitrogens with one attached hydrogen (secondary N) is 1. The van der Waals surface area contributed by atoms with E-state index < -0.39 is 0 Å². The molecule has 0 amide bonds. The van der Waals surface area contributed by atoms with Gasteiger partial charge < -0.3 is 0 Å². The monoisotopic (exact) mass is 212 g/mol. The van der Waals surface area contributed by atoms with Crippen molar-refractivity contribution in [2.24, 2.45) is 5.10 Å². The van der Waals surface area contributed by atoms with E-state index in [1.807, 2.05) is 37.3 Å². The molecule has 0 unspecified atom stereocenters. The van der Waals surface area contributed by atoms with Crippen molar-refractivity contribution in [2.45, 2.75) is 6.92 Å². The van der Waals surface area contributed by atoms with Crippen LogP contribution in [0.1, 0.15) is 12.5 Å². The molecule has 0 bridgehead atoms. The molecule has 0 spiro atoms. The number of hydrogen-bond donors (Lipinski definition) is 1. The lowest BCUT2D eigenvalue weighted by Gasteiger charge is -2.01. The minimum Gasteiger partial charge on any atom is -0.264 e. The Morgan fingerprint density at radius 3 is 2.81 bits per heavy atom. The summed E-state index contributed by atoms with van der Waals surface area (Å²) in [6.07, 6.45) is 5.24. The SMILES string of the molecule is C/C(=N\Nc1ccccn1)c1cccnc1. The van der Waals surface area contributed by atoms with Gasteiger partial charge >= 0.3 is 0 Å². The van der Waals surface area contributed by atoms with Gasteiger partial charge in [-0.2, -0.15) is 5.10 Å². The molecule has 0 fully saturated rings. The third-order valence-electron chi connectivity index (χ3n) is 2.08. The highest BCUT2D eigenvalue weighted by Gasteiger charge is 1.96. The molecule has 0 saturated heterocycles. The predicted molar refractivity (Wildman–Crippen MR) is 64.3 cm³/mol. The van der Waals surface area contributed by atoms with Crippen molar-refractivity contribution in [3.63, 3.8) is 0 Å². The fraction of sp³-hybridized carbons (Fsp3) is 0.0833. The van der Waals surface area contributed by atoms with E-state index in [0.29, 0.717) is 0 Å². The summed E-state index contributed by atoms with van der Waals surface area (Å²) < 4.78 is 0. The highest BCUT2D eigenvalue weighted by atomic mass is 15.3. The zero-order valence-electron chi connectivity index (χ0n) is 8.96. The second-order valence-corrected chi connectivity index (χ2v) is 3.27. The minimum absolute atomic E-state index is 0.728. The molecular weight excluding hydrogens is 200 g/mol. The van der Waals surface area contributed by atoms with Crippen LogP contribution < -0.4 is 5.43 Å². The van der Waals surface area contributed by atoms with Crippen LogP contribution in [-0.4, -0.2) is 15.7 Å². The van der Waals surface area contributed by atoms with Gasteiger partial charge in [-0.1, -0.05) is 12.1 Å². The average molecular weight is 212 g/mol. The summed E-state index contributed by atoms with van der Waals surface area (Å²) in [5.41, 5.74) is 4.76. The first-order chi connectivity index (χ1) is 7.86. The summed E-state index contributed by atoms with van der Waals surface area (Å²) in [5.74, 6) is 0.728. The van der Waals surface area contributed by atoms with Gasteiger partial charge in [-0.15, -0.1) is 0 Å². The van der Waals surface area contributed by atoms with Crippen molar-refractivity contribution in [3.8, 4) is 0 Å². The van der Waals surface area contributed by atoms with Crippen LogP contribution in [0.15, 0.2) is 54.0 Å². The van der Waals surface area contributed by atoms with E-state index >= 15 is 0 Å². The quantitative estimate of drug-likeness (QED) is 0.627. The van der Waals surface area contributed by atoms with Gasteiger partial charge in [-0.3, -0.25) is 10.4 Å². The van der Waals surface area contributed by atoms with E-state index in [4.69, 9.17) is 0 Å². The number of hydrazone groups is 1. The van der Waals surface area contributed by atoms with Crippen LogP contribution in [0.5, 0.6) is 0 Å². The molecule has 2 aromatic heterocycles. The Hall–Kier alpha value is -2.23. The summed E-state index contributed by atoms with van der Waals surface area (Å²) >= 11 is 0. The first-order valence-electron chi connectivity index (χ1n) is 4.98. The van der Waals surface area contributed by atoms with Gasteiger partial charge in [0.05, 0.1) is 5.71 Å². The van der Waals surface area contributed by atoms with Crippen molar-refractivity contribution >= 4 is 11.5 Å². The maximum atomic E-state index is 4.23. The number of pyridine rings is 2. The molecule has 4 nitrogen and oxygen atoms in total. The summed E-state index contributed by atoms with van der Waals surface area (Å²) in [7, 11) is 0. The second kappa shape index (κ2) is 5.02. The van der Waals surface area contributed by atoms with Gasteiger partial charge in [0.2, 0.25) is 0 Å². The summed E-state index contributed by atoms with van der Waals surface area (Å²) in [5, 5.41) is 4.23. The molecule has 0 radical (unpaired) electrons. The van der Waals surface area contributed by atoms with Crippen molar-refractivity contribution in [3.05, 3.63) is 54.5 Å². The fourth-order valence-electron chi connectivity index (χ4n) is 1.21. The Morgan fingerprint density at radius 1 is 1.19 bits per heavy atom. The molecule has 0 saturated carbocycles. The van der Waals surface area contributed by atoms with E-state index in [2.05, 4.69) is 20.5 Å². The number of hydrogen-bond acceptors (Lipinski definition) is 4. The standard InChI is InChI=1S/C12H12N4/c1-10(11-5-4-7-13-9-11)15-16-12-6-2-3-8-14-12/h2-9H,1H3,(H,14,16)/b15-10+. The van der Waals surface area contributed by atoms with Gasteiger partial charge in [-0.25, -0.2) is 4.98 Å². The summed E-state index contributed by atoms with van der Waals surface area (Å²) in [4.78, 5) is 8.15. The van der Waals surface area contributed by atoms with Crippen LogP contribution in [0.3, 0.4) is 0 Å². The highest BCUT2D eigenvalue weighted by Crippen LogP contribution is 2.02.